The monoisotopic (exact) mass is 426 g/mol. The lowest BCUT2D eigenvalue weighted by atomic mass is 10.0. The molecule has 1 heterocycles. The Morgan fingerprint density at radius 2 is 1.31 bits per heavy atom. The average molecular weight is 426 g/mol. The second kappa shape index (κ2) is 8.89. The molecule has 3 aromatic carbocycles. The maximum Gasteiger partial charge on any atom is 0.333 e. The molecule has 0 aliphatic rings. The molecular weight excluding hydrogens is 404 g/mol. The summed E-state index contributed by atoms with van der Waals surface area (Å²) in [4.78, 5) is 37.9. The number of benzene rings is 3. The van der Waals surface area contributed by atoms with Crippen molar-refractivity contribution in [3.8, 4) is 17.0 Å². The van der Waals surface area contributed by atoms with Crippen LogP contribution in [-0.4, -0.2) is 14.9 Å². The first-order valence-corrected chi connectivity index (χ1v) is 10.1. The normalized spacial score (nSPS) is 10.7. The fraction of sp³-hybridized carbons (Fsp3) is 0.115. The molecule has 0 bridgehead atoms. The van der Waals surface area contributed by atoms with Crippen LogP contribution in [0.15, 0.2) is 94.5 Å². The van der Waals surface area contributed by atoms with Gasteiger partial charge in [-0.25, -0.2) is 4.79 Å². The van der Waals surface area contributed by atoms with E-state index < -0.39 is 11.2 Å². The van der Waals surface area contributed by atoms with Gasteiger partial charge in [0.1, 0.15) is 12.2 Å². The van der Waals surface area contributed by atoms with E-state index in [2.05, 4.69) is 0 Å². The summed E-state index contributed by atoms with van der Waals surface area (Å²) in [6.45, 7) is 0.139. The largest absolute Gasteiger partial charge is 0.473 e. The van der Waals surface area contributed by atoms with Gasteiger partial charge in [-0.3, -0.25) is 18.7 Å². The Bertz CT molecular complexity index is 1370. The Balaban J connectivity index is 1.62. The number of ether oxygens (including phenoxy) is 1. The minimum atomic E-state index is -0.464. The minimum Gasteiger partial charge on any atom is -0.473 e. The van der Waals surface area contributed by atoms with Gasteiger partial charge in [-0.15, -0.1) is 0 Å². The van der Waals surface area contributed by atoms with E-state index in [0.717, 1.165) is 10.1 Å². The zero-order valence-electron chi connectivity index (χ0n) is 17.8. The third kappa shape index (κ3) is 4.03. The molecule has 0 atom stereocenters. The zero-order valence-corrected chi connectivity index (χ0v) is 17.8. The molecule has 0 aliphatic carbocycles. The van der Waals surface area contributed by atoms with Crippen molar-refractivity contribution in [1.29, 1.82) is 0 Å². The van der Waals surface area contributed by atoms with Crippen molar-refractivity contribution in [3.05, 3.63) is 122 Å². The second-order valence-electron chi connectivity index (χ2n) is 7.43. The Morgan fingerprint density at radius 1 is 0.750 bits per heavy atom. The summed E-state index contributed by atoms with van der Waals surface area (Å²) >= 11 is 0. The van der Waals surface area contributed by atoms with Crippen molar-refractivity contribution >= 4 is 5.78 Å². The first-order valence-electron chi connectivity index (χ1n) is 10.1. The second-order valence-corrected chi connectivity index (χ2v) is 7.43. The molecule has 160 valence electrons. The SMILES string of the molecule is Cn1c(OCc2ccc(C(=O)c3ccccc3)cc2)c(-c2ccccc2)c(=O)n(C)c1=O. The van der Waals surface area contributed by atoms with Gasteiger partial charge in [-0.2, -0.15) is 0 Å². The van der Waals surface area contributed by atoms with Crippen LogP contribution in [0.3, 0.4) is 0 Å². The molecule has 1 aromatic heterocycles. The van der Waals surface area contributed by atoms with Gasteiger partial charge in [0.05, 0.1) is 0 Å². The third-order valence-corrected chi connectivity index (χ3v) is 5.30. The Hall–Kier alpha value is -4.19. The van der Waals surface area contributed by atoms with Crippen LogP contribution >= 0.6 is 0 Å². The van der Waals surface area contributed by atoms with Crippen LogP contribution in [-0.2, 0) is 20.7 Å². The molecule has 6 heteroatoms. The van der Waals surface area contributed by atoms with E-state index in [-0.39, 0.29) is 18.3 Å². The highest BCUT2D eigenvalue weighted by atomic mass is 16.5. The van der Waals surface area contributed by atoms with E-state index in [9.17, 15) is 14.4 Å². The Morgan fingerprint density at radius 3 is 1.94 bits per heavy atom. The van der Waals surface area contributed by atoms with Crippen LogP contribution in [0, 0.1) is 0 Å². The van der Waals surface area contributed by atoms with Crippen LogP contribution in [0.5, 0.6) is 5.88 Å². The van der Waals surface area contributed by atoms with E-state index in [4.69, 9.17) is 4.74 Å². The summed E-state index contributed by atoms with van der Waals surface area (Å²) in [5.74, 6) is 0.145. The van der Waals surface area contributed by atoms with E-state index >= 15 is 0 Å². The summed E-state index contributed by atoms with van der Waals surface area (Å²) in [6, 6.07) is 25.3. The van der Waals surface area contributed by atoms with Crippen LogP contribution in [0.2, 0.25) is 0 Å². The first-order chi connectivity index (χ1) is 15.5. The van der Waals surface area contributed by atoms with Gasteiger partial charge >= 0.3 is 5.69 Å². The molecule has 0 N–H and O–H groups in total. The third-order valence-electron chi connectivity index (χ3n) is 5.30. The summed E-state index contributed by atoms with van der Waals surface area (Å²) in [5.41, 5.74) is 2.12. The number of carbonyl (C=O) groups is 1. The number of hydrogen-bond donors (Lipinski definition) is 0. The topological polar surface area (TPSA) is 70.3 Å². The first kappa shape index (κ1) is 21.1. The minimum absolute atomic E-state index is 0.0571. The molecule has 0 radical (unpaired) electrons. The highest BCUT2D eigenvalue weighted by molar-refractivity contribution is 6.08. The lowest BCUT2D eigenvalue weighted by Gasteiger charge is -2.16. The molecular formula is C26H22N2O4. The van der Waals surface area contributed by atoms with E-state index in [1.54, 1.807) is 55.6 Å². The molecule has 0 unspecified atom stereocenters. The van der Waals surface area contributed by atoms with E-state index in [1.165, 1.54) is 11.6 Å². The molecule has 4 rings (SSSR count). The Kier molecular flexibility index (Phi) is 5.85. The quantitative estimate of drug-likeness (QED) is 0.442. The highest BCUT2D eigenvalue weighted by Crippen LogP contribution is 2.25. The van der Waals surface area contributed by atoms with Gasteiger partial charge in [-0.05, 0) is 11.1 Å². The van der Waals surface area contributed by atoms with Crippen molar-refractivity contribution in [2.24, 2.45) is 14.1 Å². The number of rotatable bonds is 6. The maximum atomic E-state index is 12.9. The maximum absolute atomic E-state index is 12.9. The number of hydrogen-bond acceptors (Lipinski definition) is 4. The standard InChI is InChI=1S/C26H22N2O4/c1-27-24(30)22(19-9-5-3-6-10-19)25(28(2)26(27)31)32-17-18-13-15-21(16-14-18)23(29)20-11-7-4-8-12-20/h3-16H,17H2,1-2H3. The summed E-state index contributed by atoms with van der Waals surface area (Å²) in [6.07, 6.45) is 0. The summed E-state index contributed by atoms with van der Waals surface area (Å²) in [7, 11) is 3.02. The number of carbonyl (C=O) groups excluding carboxylic acids is 1. The van der Waals surface area contributed by atoms with Gasteiger partial charge in [0, 0.05) is 25.2 Å². The number of nitrogens with zero attached hydrogens (tertiary/aromatic N) is 2. The van der Waals surface area contributed by atoms with Gasteiger partial charge in [0.15, 0.2) is 5.78 Å². The molecule has 6 nitrogen and oxygen atoms in total. The van der Waals surface area contributed by atoms with Crippen molar-refractivity contribution in [2.75, 3.05) is 0 Å². The predicted octanol–water partition coefficient (Wildman–Crippen LogP) is 3.56. The van der Waals surface area contributed by atoms with E-state index in [0.29, 0.717) is 22.3 Å². The number of aromatic nitrogens is 2. The lowest BCUT2D eigenvalue weighted by Crippen LogP contribution is -2.38. The average Bonchev–Trinajstić information content (AvgIpc) is 2.85. The van der Waals surface area contributed by atoms with Crippen molar-refractivity contribution in [3.63, 3.8) is 0 Å². The molecule has 4 aromatic rings. The molecule has 32 heavy (non-hydrogen) atoms. The zero-order chi connectivity index (χ0) is 22.7. The van der Waals surface area contributed by atoms with Gasteiger partial charge < -0.3 is 4.74 Å². The summed E-state index contributed by atoms with van der Waals surface area (Å²) < 4.78 is 8.37. The summed E-state index contributed by atoms with van der Waals surface area (Å²) in [5, 5.41) is 0. The van der Waals surface area contributed by atoms with Crippen molar-refractivity contribution < 1.29 is 9.53 Å². The fourth-order valence-corrected chi connectivity index (χ4v) is 3.51. The molecule has 0 saturated carbocycles. The highest BCUT2D eigenvalue weighted by Gasteiger charge is 2.19. The van der Waals surface area contributed by atoms with Crippen LogP contribution in [0.1, 0.15) is 21.5 Å². The van der Waals surface area contributed by atoms with Crippen LogP contribution in [0.4, 0.5) is 0 Å². The molecule has 0 aliphatic heterocycles. The molecule has 0 amide bonds. The lowest BCUT2D eigenvalue weighted by molar-refractivity contribution is 0.103. The fourth-order valence-electron chi connectivity index (χ4n) is 3.51. The molecule has 0 spiro atoms. The smallest absolute Gasteiger partial charge is 0.333 e. The Labute approximate surface area is 185 Å². The van der Waals surface area contributed by atoms with Crippen LogP contribution in [0.25, 0.3) is 11.1 Å². The van der Waals surface area contributed by atoms with E-state index in [1.807, 2.05) is 36.4 Å². The van der Waals surface area contributed by atoms with Gasteiger partial charge in [0.2, 0.25) is 5.88 Å². The van der Waals surface area contributed by atoms with Crippen molar-refractivity contribution in [2.45, 2.75) is 6.61 Å². The molecule has 0 saturated heterocycles. The van der Waals surface area contributed by atoms with Crippen LogP contribution < -0.4 is 16.0 Å². The molecule has 0 fully saturated rings. The number of ketones is 1. The predicted molar refractivity (Wildman–Crippen MR) is 123 cm³/mol. The van der Waals surface area contributed by atoms with Gasteiger partial charge in [-0.1, -0.05) is 84.9 Å². The van der Waals surface area contributed by atoms with Crippen molar-refractivity contribution in [1.82, 2.24) is 9.13 Å². The van der Waals surface area contributed by atoms with Gasteiger partial charge in [0.25, 0.3) is 5.56 Å².